The van der Waals surface area contributed by atoms with Crippen LogP contribution in [0.1, 0.15) is 16.8 Å². The molecule has 1 atom stereocenters. The van der Waals surface area contributed by atoms with Crippen LogP contribution in [0.4, 0.5) is 0 Å². The van der Waals surface area contributed by atoms with Gasteiger partial charge >= 0.3 is 5.97 Å². The van der Waals surface area contributed by atoms with Crippen LogP contribution in [0.15, 0.2) is 48.7 Å². The largest absolute Gasteiger partial charge is 0.481 e. The van der Waals surface area contributed by atoms with Gasteiger partial charge in [0.05, 0.1) is 0 Å². The molecule has 3 N–H and O–H groups in total. The van der Waals surface area contributed by atoms with E-state index in [1.165, 1.54) is 0 Å². The summed E-state index contributed by atoms with van der Waals surface area (Å²) in [6.45, 7) is 1.96. The molecule has 4 heteroatoms. The van der Waals surface area contributed by atoms with Crippen molar-refractivity contribution in [3.63, 3.8) is 0 Å². The molecule has 1 aromatic carbocycles. The maximum Gasteiger partial charge on any atom is 0.315 e. The summed E-state index contributed by atoms with van der Waals surface area (Å²) < 4.78 is 0. The number of hydrogen-bond donors (Lipinski definition) is 2. The Kier molecular flexibility index (Phi) is 4.15. The molecule has 4 nitrogen and oxygen atoms in total. The zero-order valence-electron chi connectivity index (χ0n) is 11.4. The normalized spacial score (nSPS) is 13.7. The summed E-state index contributed by atoms with van der Waals surface area (Å²) in [5.41, 5.74) is 7.14. The number of aromatic nitrogens is 1. The molecule has 0 saturated heterocycles. The number of pyridine rings is 1. The molecule has 104 valence electrons. The third kappa shape index (κ3) is 2.56. The van der Waals surface area contributed by atoms with Crippen molar-refractivity contribution >= 4 is 5.97 Å². The lowest BCUT2D eigenvalue weighted by Crippen LogP contribution is -2.45. The van der Waals surface area contributed by atoms with Gasteiger partial charge in [0.2, 0.25) is 0 Å². The van der Waals surface area contributed by atoms with Crippen LogP contribution in [0.25, 0.3) is 0 Å². The molecular formula is C16H18N2O2. The number of nitrogens with zero attached hydrogens (tertiary/aromatic N) is 1. The number of carboxylic acids is 1. The highest BCUT2D eigenvalue weighted by molar-refractivity contribution is 5.82. The number of nitrogens with two attached hydrogens (primary N) is 1. The molecule has 0 aliphatic carbocycles. The van der Waals surface area contributed by atoms with Gasteiger partial charge in [-0.05, 0) is 24.1 Å². The monoisotopic (exact) mass is 270 g/mol. The lowest BCUT2D eigenvalue weighted by molar-refractivity contribution is -0.143. The summed E-state index contributed by atoms with van der Waals surface area (Å²) in [7, 11) is 0. The summed E-state index contributed by atoms with van der Waals surface area (Å²) in [5, 5.41) is 9.72. The van der Waals surface area contributed by atoms with Crippen molar-refractivity contribution in [2.75, 3.05) is 6.54 Å². The Labute approximate surface area is 118 Å². The van der Waals surface area contributed by atoms with Crippen molar-refractivity contribution in [1.29, 1.82) is 0 Å². The summed E-state index contributed by atoms with van der Waals surface area (Å²) >= 11 is 0. The van der Waals surface area contributed by atoms with Gasteiger partial charge in [-0.3, -0.25) is 9.78 Å². The average Bonchev–Trinajstić information content (AvgIpc) is 2.47. The van der Waals surface area contributed by atoms with E-state index in [0.717, 1.165) is 11.3 Å². The van der Waals surface area contributed by atoms with E-state index < -0.39 is 11.4 Å². The van der Waals surface area contributed by atoms with Crippen LogP contribution in [0, 0.1) is 6.92 Å². The molecule has 2 rings (SSSR count). The van der Waals surface area contributed by atoms with Crippen molar-refractivity contribution in [2.45, 2.75) is 18.8 Å². The van der Waals surface area contributed by atoms with Gasteiger partial charge < -0.3 is 10.8 Å². The second kappa shape index (κ2) is 5.84. The first-order chi connectivity index (χ1) is 9.60. The van der Waals surface area contributed by atoms with Crippen molar-refractivity contribution < 1.29 is 9.90 Å². The zero-order chi connectivity index (χ0) is 14.6. The van der Waals surface area contributed by atoms with Crippen LogP contribution in [-0.4, -0.2) is 22.6 Å². The molecule has 0 bridgehead atoms. The van der Waals surface area contributed by atoms with Gasteiger partial charge in [-0.1, -0.05) is 36.4 Å². The average molecular weight is 270 g/mol. The van der Waals surface area contributed by atoms with Crippen molar-refractivity contribution in [3.05, 3.63) is 65.5 Å². The molecule has 0 saturated carbocycles. The fraction of sp³-hybridized carbons (Fsp3) is 0.250. The maximum absolute atomic E-state index is 11.9. The number of aryl methyl sites for hydroxylation is 1. The van der Waals surface area contributed by atoms with E-state index in [2.05, 4.69) is 4.98 Å². The Balaban J connectivity index is 2.49. The van der Waals surface area contributed by atoms with E-state index in [1.807, 2.05) is 37.3 Å². The van der Waals surface area contributed by atoms with Crippen LogP contribution < -0.4 is 5.73 Å². The third-order valence-electron chi connectivity index (χ3n) is 3.67. The number of benzene rings is 1. The highest BCUT2D eigenvalue weighted by Gasteiger charge is 2.40. The van der Waals surface area contributed by atoms with Crippen LogP contribution in [0.2, 0.25) is 0 Å². The molecule has 2 aromatic rings. The lowest BCUT2D eigenvalue weighted by Gasteiger charge is -2.28. The van der Waals surface area contributed by atoms with Crippen molar-refractivity contribution in [2.24, 2.45) is 5.73 Å². The minimum atomic E-state index is -1.14. The van der Waals surface area contributed by atoms with E-state index in [1.54, 1.807) is 18.3 Å². The number of rotatable bonds is 5. The topological polar surface area (TPSA) is 76.2 Å². The van der Waals surface area contributed by atoms with Gasteiger partial charge in [0.25, 0.3) is 0 Å². The first kappa shape index (κ1) is 14.2. The van der Waals surface area contributed by atoms with Gasteiger partial charge in [-0.25, -0.2) is 0 Å². The number of carbonyl (C=O) groups is 1. The molecule has 0 amide bonds. The molecule has 20 heavy (non-hydrogen) atoms. The Morgan fingerprint density at radius 1 is 1.25 bits per heavy atom. The Morgan fingerprint density at radius 2 is 1.95 bits per heavy atom. The molecule has 0 radical (unpaired) electrons. The standard InChI is InChI=1S/C16H18N2O2/c1-12-6-5-9-18-14(12)10-16(11-17,15(19)20)13-7-3-2-4-8-13/h2-9H,10-11,17H2,1H3,(H,19,20). The van der Waals surface area contributed by atoms with Crippen LogP contribution in [0.3, 0.4) is 0 Å². The fourth-order valence-corrected chi connectivity index (χ4v) is 2.32. The first-order valence-corrected chi connectivity index (χ1v) is 6.49. The van der Waals surface area contributed by atoms with Gasteiger partial charge in [0.1, 0.15) is 5.41 Å². The molecule has 1 unspecified atom stereocenters. The summed E-state index contributed by atoms with van der Waals surface area (Å²) in [6, 6.07) is 12.9. The van der Waals surface area contributed by atoms with Crippen molar-refractivity contribution in [1.82, 2.24) is 4.98 Å². The van der Waals surface area contributed by atoms with Crippen LogP contribution in [0.5, 0.6) is 0 Å². The molecule has 1 heterocycles. The van der Waals surface area contributed by atoms with E-state index in [0.29, 0.717) is 5.56 Å². The van der Waals surface area contributed by atoms with E-state index >= 15 is 0 Å². The Bertz CT molecular complexity index is 598. The third-order valence-corrected chi connectivity index (χ3v) is 3.67. The number of carboxylic acid groups (broad SMARTS) is 1. The van der Waals surface area contributed by atoms with Gasteiger partial charge in [0.15, 0.2) is 0 Å². The number of hydrogen-bond acceptors (Lipinski definition) is 3. The minimum absolute atomic E-state index is 0.0301. The van der Waals surface area contributed by atoms with E-state index in [-0.39, 0.29) is 13.0 Å². The summed E-state index contributed by atoms with van der Waals surface area (Å²) in [6.07, 6.45) is 1.96. The number of aliphatic carboxylic acids is 1. The lowest BCUT2D eigenvalue weighted by atomic mass is 9.76. The predicted molar refractivity (Wildman–Crippen MR) is 77.5 cm³/mol. The van der Waals surface area contributed by atoms with Gasteiger partial charge in [0, 0.05) is 24.9 Å². The van der Waals surface area contributed by atoms with Crippen LogP contribution in [-0.2, 0) is 16.6 Å². The van der Waals surface area contributed by atoms with E-state index in [9.17, 15) is 9.90 Å². The molecule has 0 fully saturated rings. The fourth-order valence-electron chi connectivity index (χ4n) is 2.32. The second-order valence-corrected chi connectivity index (χ2v) is 4.90. The Hall–Kier alpha value is -2.20. The predicted octanol–water partition coefficient (Wildman–Crippen LogP) is 1.91. The summed E-state index contributed by atoms with van der Waals surface area (Å²) in [4.78, 5) is 16.2. The highest BCUT2D eigenvalue weighted by Crippen LogP contribution is 2.28. The smallest absolute Gasteiger partial charge is 0.315 e. The molecule has 0 spiro atoms. The van der Waals surface area contributed by atoms with Gasteiger partial charge in [-0.15, -0.1) is 0 Å². The van der Waals surface area contributed by atoms with Crippen molar-refractivity contribution in [3.8, 4) is 0 Å². The SMILES string of the molecule is Cc1cccnc1CC(CN)(C(=O)O)c1ccccc1. The molecule has 0 aliphatic rings. The maximum atomic E-state index is 11.9. The van der Waals surface area contributed by atoms with Gasteiger partial charge in [-0.2, -0.15) is 0 Å². The van der Waals surface area contributed by atoms with Crippen LogP contribution >= 0.6 is 0 Å². The quantitative estimate of drug-likeness (QED) is 0.870. The Morgan fingerprint density at radius 3 is 2.50 bits per heavy atom. The molecular weight excluding hydrogens is 252 g/mol. The zero-order valence-corrected chi connectivity index (χ0v) is 11.4. The first-order valence-electron chi connectivity index (χ1n) is 6.49. The van der Waals surface area contributed by atoms with E-state index in [4.69, 9.17) is 5.73 Å². The second-order valence-electron chi connectivity index (χ2n) is 4.90. The summed E-state index contributed by atoms with van der Waals surface area (Å²) in [5.74, 6) is -0.920. The highest BCUT2D eigenvalue weighted by atomic mass is 16.4. The molecule has 0 aliphatic heterocycles. The minimum Gasteiger partial charge on any atom is -0.481 e. The molecule has 1 aromatic heterocycles.